The smallest absolute Gasteiger partial charge is 0.300 e. The number of amides is 1. The Morgan fingerprint density at radius 3 is 2.33 bits per heavy atom. The summed E-state index contributed by atoms with van der Waals surface area (Å²) in [4.78, 5) is 31.8. The zero-order chi connectivity index (χ0) is 23.7. The number of aryl methyl sites for hydroxylation is 2. The van der Waals surface area contributed by atoms with Crippen molar-refractivity contribution in [2.45, 2.75) is 19.9 Å². The third-order valence-corrected chi connectivity index (χ3v) is 5.74. The van der Waals surface area contributed by atoms with Crippen molar-refractivity contribution in [3.8, 4) is 11.8 Å². The average Bonchev–Trinajstić information content (AvgIpc) is 3.10. The van der Waals surface area contributed by atoms with Crippen LogP contribution < -0.4 is 9.64 Å². The molecule has 1 aromatic heterocycles. The number of pyridine rings is 1. The molecule has 0 bridgehead atoms. The van der Waals surface area contributed by atoms with Gasteiger partial charge >= 0.3 is 0 Å². The van der Waals surface area contributed by atoms with E-state index in [0.29, 0.717) is 33.7 Å². The lowest BCUT2D eigenvalue weighted by Gasteiger charge is -2.25. The Bertz CT molecular complexity index is 1320. The second kappa shape index (κ2) is 8.60. The van der Waals surface area contributed by atoms with Gasteiger partial charge in [0.25, 0.3) is 11.7 Å². The molecule has 0 radical (unpaired) electrons. The first-order valence-corrected chi connectivity index (χ1v) is 10.2. The molecule has 164 valence electrons. The number of aliphatic hydroxyl groups excluding tert-OH is 1. The lowest BCUT2D eigenvalue weighted by atomic mass is 9.93. The molecule has 33 heavy (non-hydrogen) atoms. The zero-order valence-corrected chi connectivity index (χ0v) is 18.4. The minimum absolute atomic E-state index is 0.0109. The zero-order valence-electron chi connectivity index (χ0n) is 18.4. The number of hydrogen-bond donors (Lipinski definition) is 1. The molecule has 1 aliphatic rings. The normalized spacial score (nSPS) is 17.2. The monoisotopic (exact) mass is 439 g/mol. The van der Waals surface area contributed by atoms with Gasteiger partial charge in [-0.25, -0.2) is 0 Å². The molecule has 7 heteroatoms. The summed E-state index contributed by atoms with van der Waals surface area (Å²) in [6.45, 7) is 3.64. The third kappa shape index (κ3) is 3.72. The van der Waals surface area contributed by atoms with E-state index in [9.17, 15) is 14.7 Å². The molecule has 0 saturated carbocycles. The van der Waals surface area contributed by atoms with E-state index in [-0.39, 0.29) is 11.3 Å². The van der Waals surface area contributed by atoms with Crippen LogP contribution in [0.4, 0.5) is 5.69 Å². The van der Waals surface area contributed by atoms with Gasteiger partial charge in [0.2, 0.25) is 0 Å². The summed E-state index contributed by atoms with van der Waals surface area (Å²) in [6, 6.07) is 14.5. The third-order valence-electron chi connectivity index (χ3n) is 5.74. The molecule has 1 saturated heterocycles. The van der Waals surface area contributed by atoms with Crippen LogP contribution in [0.3, 0.4) is 0 Å². The molecule has 1 amide bonds. The minimum atomic E-state index is -0.859. The Morgan fingerprint density at radius 1 is 1.06 bits per heavy atom. The fourth-order valence-electron chi connectivity index (χ4n) is 4.07. The maximum atomic E-state index is 13.2. The molecular formula is C26H21N3O4. The van der Waals surface area contributed by atoms with Gasteiger partial charge in [-0.15, -0.1) is 0 Å². The molecule has 3 aromatic rings. The molecule has 2 heterocycles. The Labute approximate surface area is 191 Å². The van der Waals surface area contributed by atoms with Gasteiger partial charge in [0, 0.05) is 23.6 Å². The van der Waals surface area contributed by atoms with Crippen molar-refractivity contribution in [1.82, 2.24) is 4.98 Å². The van der Waals surface area contributed by atoms with Crippen LogP contribution in [0.1, 0.15) is 33.9 Å². The number of ketones is 1. The Balaban J connectivity index is 1.95. The first-order valence-electron chi connectivity index (χ1n) is 10.2. The first kappa shape index (κ1) is 21.8. The van der Waals surface area contributed by atoms with Gasteiger partial charge in [0.15, 0.2) is 0 Å². The second-order valence-corrected chi connectivity index (χ2v) is 7.75. The number of nitriles is 1. The van der Waals surface area contributed by atoms with E-state index >= 15 is 0 Å². The van der Waals surface area contributed by atoms with E-state index in [1.54, 1.807) is 75.0 Å². The van der Waals surface area contributed by atoms with Crippen molar-refractivity contribution in [2.24, 2.45) is 0 Å². The lowest BCUT2D eigenvalue weighted by Crippen LogP contribution is -2.29. The Morgan fingerprint density at radius 2 is 1.73 bits per heavy atom. The molecule has 1 atom stereocenters. The van der Waals surface area contributed by atoms with E-state index in [1.807, 2.05) is 13.0 Å². The van der Waals surface area contributed by atoms with Crippen LogP contribution in [-0.2, 0) is 9.59 Å². The summed E-state index contributed by atoms with van der Waals surface area (Å²) in [6.07, 6.45) is 3.13. The van der Waals surface area contributed by atoms with E-state index < -0.39 is 17.7 Å². The number of methoxy groups -OCH3 is 1. The van der Waals surface area contributed by atoms with Crippen molar-refractivity contribution in [3.05, 3.63) is 94.3 Å². The molecule has 1 fully saturated rings. The molecule has 0 spiro atoms. The van der Waals surface area contributed by atoms with Crippen LogP contribution in [0.25, 0.3) is 5.76 Å². The van der Waals surface area contributed by atoms with Gasteiger partial charge in [0.1, 0.15) is 11.5 Å². The van der Waals surface area contributed by atoms with E-state index in [1.165, 1.54) is 4.90 Å². The van der Waals surface area contributed by atoms with Crippen molar-refractivity contribution in [1.29, 1.82) is 5.26 Å². The van der Waals surface area contributed by atoms with Gasteiger partial charge in [0.05, 0.1) is 30.4 Å². The van der Waals surface area contributed by atoms with Crippen LogP contribution in [0.5, 0.6) is 5.75 Å². The topological polar surface area (TPSA) is 104 Å². The number of benzene rings is 2. The van der Waals surface area contributed by atoms with Gasteiger partial charge in [-0.2, -0.15) is 5.26 Å². The molecule has 0 aliphatic carbocycles. The molecular weight excluding hydrogens is 418 g/mol. The van der Waals surface area contributed by atoms with E-state index in [0.717, 1.165) is 5.56 Å². The fourth-order valence-corrected chi connectivity index (χ4v) is 4.07. The highest BCUT2D eigenvalue weighted by molar-refractivity contribution is 6.51. The molecule has 2 aromatic carbocycles. The summed E-state index contributed by atoms with van der Waals surface area (Å²) >= 11 is 0. The number of hydrogen-bond acceptors (Lipinski definition) is 6. The van der Waals surface area contributed by atoms with Gasteiger partial charge in [-0.3, -0.25) is 19.5 Å². The summed E-state index contributed by atoms with van der Waals surface area (Å²) in [5, 5.41) is 20.4. The van der Waals surface area contributed by atoms with Crippen LogP contribution >= 0.6 is 0 Å². The summed E-state index contributed by atoms with van der Waals surface area (Å²) in [7, 11) is 1.56. The number of carbonyl (C=O) groups excluding carboxylic acids is 2. The molecule has 1 unspecified atom stereocenters. The fraction of sp³-hybridized carbons (Fsp3) is 0.154. The average molecular weight is 439 g/mol. The van der Waals surface area contributed by atoms with Crippen molar-refractivity contribution < 1.29 is 19.4 Å². The Kier molecular flexibility index (Phi) is 5.67. The molecule has 1 N–H and O–H groups in total. The van der Waals surface area contributed by atoms with Crippen LogP contribution in [-0.4, -0.2) is 28.9 Å². The first-order chi connectivity index (χ1) is 15.9. The highest BCUT2D eigenvalue weighted by atomic mass is 16.5. The summed E-state index contributed by atoms with van der Waals surface area (Å²) in [5.41, 5.74) is 3.42. The van der Waals surface area contributed by atoms with E-state index in [4.69, 9.17) is 10.00 Å². The molecule has 7 nitrogen and oxygen atoms in total. The van der Waals surface area contributed by atoms with Gasteiger partial charge in [-0.1, -0.05) is 0 Å². The summed E-state index contributed by atoms with van der Waals surface area (Å²) < 4.78 is 5.35. The van der Waals surface area contributed by atoms with Crippen molar-refractivity contribution in [2.75, 3.05) is 12.0 Å². The number of rotatable bonds is 4. The SMILES string of the molecule is COc1cc(C)c(/C(O)=C2\C(=O)C(=O)N(c3ccc(C#N)cc3)C2c2ccncc2)cc1C. The van der Waals surface area contributed by atoms with E-state index in [2.05, 4.69) is 4.98 Å². The number of nitrogens with zero attached hydrogens (tertiary/aromatic N) is 3. The highest BCUT2D eigenvalue weighted by Gasteiger charge is 2.47. The second-order valence-electron chi connectivity index (χ2n) is 7.75. The standard InChI is InChI=1S/C26H21N3O4/c1-15-13-21(33-3)16(2)12-20(15)24(30)22-23(18-8-10-28-11-9-18)29(26(32)25(22)31)19-6-4-17(14-27)5-7-19/h4-13,23,30H,1-3H3/b24-22+. The predicted octanol–water partition coefficient (Wildman–Crippen LogP) is 4.21. The molecule has 1 aliphatic heterocycles. The number of carbonyl (C=O) groups is 2. The summed E-state index contributed by atoms with van der Waals surface area (Å²) in [5.74, 6) is -1.14. The maximum absolute atomic E-state index is 13.2. The quantitative estimate of drug-likeness (QED) is 0.371. The maximum Gasteiger partial charge on any atom is 0.300 e. The minimum Gasteiger partial charge on any atom is -0.507 e. The number of anilines is 1. The van der Waals surface area contributed by atoms with Crippen LogP contribution in [0.2, 0.25) is 0 Å². The largest absolute Gasteiger partial charge is 0.507 e. The van der Waals surface area contributed by atoms with Gasteiger partial charge < -0.3 is 9.84 Å². The molecule has 4 rings (SSSR count). The highest BCUT2D eigenvalue weighted by Crippen LogP contribution is 2.42. The number of ether oxygens (including phenoxy) is 1. The van der Waals surface area contributed by atoms with Crippen LogP contribution in [0.15, 0.2) is 66.5 Å². The van der Waals surface area contributed by atoms with Crippen molar-refractivity contribution in [3.63, 3.8) is 0 Å². The Hall–Kier alpha value is -4.44. The lowest BCUT2D eigenvalue weighted by molar-refractivity contribution is -0.132. The predicted molar refractivity (Wildman–Crippen MR) is 123 cm³/mol. The number of Topliss-reactive ketones (excluding diaryl/α,β-unsaturated/α-hetero) is 1. The number of aromatic nitrogens is 1. The number of aliphatic hydroxyl groups is 1. The van der Waals surface area contributed by atoms with Gasteiger partial charge in [-0.05, 0) is 79.1 Å². The van der Waals surface area contributed by atoms with Crippen LogP contribution in [0, 0.1) is 25.2 Å². The van der Waals surface area contributed by atoms with Crippen molar-refractivity contribution >= 4 is 23.1 Å².